The number of ether oxygens (including phenoxy) is 2. The number of fused-ring (bicyclic) bond motifs is 1. The normalized spacial score (nSPS) is 15.2. The number of benzene rings is 3. The van der Waals surface area contributed by atoms with E-state index in [0.717, 1.165) is 11.3 Å². The summed E-state index contributed by atoms with van der Waals surface area (Å²) in [6.45, 7) is -1.07. The lowest BCUT2D eigenvalue weighted by molar-refractivity contribution is -0.138. The van der Waals surface area contributed by atoms with Crippen molar-refractivity contribution in [1.82, 2.24) is 4.57 Å². The molecule has 0 saturated heterocycles. The van der Waals surface area contributed by atoms with Crippen LogP contribution in [0.3, 0.4) is 0 Å². The molecule has 5 rings (SSSR count). The van der Waals surface area contributed by atoms with E-state index in [-0.39, 0.29) is 23.5 Å². The highest BCUT2D eigenvalue weighted by atomic mass is 35.5. The van der Waals surface area contributed by atoms with Gasteiger partial charge in [-0.3, -0.25) is 9.36 Å². The largest absolute Gasteiger partial charge is 0.463 e. The number of carbonyl (C=O) groups is 1. The SMILES string of the molecule is CCOC(=O)C1=C(c2ccccc2)N=c2s/c(=C/c3ccc(OC(F)F)cc3)c(=O)n2[C@H]1c1ccc(Cl)cc1. The van der Waals surface area contributed by atoms with Gasteiger partial charge >= 0.3 is 12.6 Å². The van der Waals surface area contributed by atoms with Crippen LogP contribution in [-0.4, -0.2) is 23.8 Å². The Morgan fingerprint density at radius 1 is 1.08 bits per heavy atom. The summed E-state index contributed by atoms with van der Waals surface area (Å²) >= 11 is 7.31. The van der Waals surface area contributed by atoms with Gasteiger partial charge in [-0.1, -0.05) is 77.5 Å². The van der Waals surface area contributed by atoms with E-state index >= 15 is 0 Å². The molecule has 0 spiro atoms. The van der Waals surface area contributed by atoms with Gasteiger partial charge in [0.1, 0.15) is 5.75 Å². The van der Waals surface area contributed by atoms with E-state index in [2.05, 4.69) is 4.74 Å². The summed E-state index contributed by atoms with van der Waals surface area (Å²) in [4.78, 5) is 32.4. The van der Waals surface area contributed by atoms with Gasteiger partial charge < -0.3 is 9.47 Å². The molecule has 10 heteroatoms. The third-order valence-electron chi connectivity index (χ3n) is 5.96. The summed E-state index contributed by atoms with van der Waals surface area (Å²) < 4.78 is 36.7. The number of esters is 1. The van der Waals surface area contributed by atoms with E-state index in [0.29, 0.717) is 36.7 Å². The molecule has 0 saturated carbocycles. The minimum absolute atomic E-state index is 0.0120. The zero-order valence-electron chi connectivity index (χ0n) is 20.5. The van der Waals surface area contributed by atoms with Crippen LogP contribution in [0.2, 0.25) is 5.02 Å². The lowest BCUT2D eigenvalue weighted by Gasteiger charge is -2.25. The first kappa shape index (κ1) is 26.5. The van der Waals surface area contributed by atoms with Crippen LogP contribution in [0.15, 0.2) is 94.2 Å². The van der Waals surface area contributed by atoms with Crippen molar-refractivity contribution in [1.29, 1.82) is 0 Å². The number of halogens is 3. The Morgan fingerprint density at radius 3 is 2.41 bits per heavy atom. The van der Waals surface area contributed by atoms with Gasteiger partial charge in [-0.15, -0.1) is 0 Å². The van der Waals surface area contributed by atoms with Crippen molar-refractivity contribution < 1.29 is 23.0 Å². The molecule has 39 heavy (non-hydrogen) atoms. The zero-order valence-corrected chi connectivity index (χ0v) is 22.1. The zero-order chi connectivity index (χ0) is 27.5. The molecule has 1 aliphatic rings. The van der Waals surface area contributed by atoms with Gasteiger partial charge in [0.25, 0.3) is 5.56 Å². The fourth-order valence-corrected chi connectivity index (χ4v) is 5.42. The van der Waals surface area contributed by atoms with E-state index < -0.39 is 18.6 Å². The smallest absolute Gasteiger partial charge is 0.387 e. The third-order valence-corrected chi connectivity index (χ3v) is 7.20. The van der Waals surface area contributed by atoms with Crippen LogP contribution in [-0.2, 0) is 9.53 Å². The second kappa shape index (κ2) is 11.3. The molecule has 0 unspecified atom stereocenters. The minimum atomic E-state index is -2.93. The molecule has 1 aromatic heterocycles. The van der Waals surface area contributed by atoms with E-state index in [1.807, 2.05) is 30.3 Å². The average Bonchev–Trinajstić information content (AvgIpc) is 3.24. The molecule has 0 radical (unpaired) electrons. The summed E-state index contributed by atoms with van der Waals surface area (Å²) in [5, 5.41) is 0.510. The fourth-order valence-electron chi connectivity index (χ4n) is 4.30. The van der Waals surface area contributed by atoms with Crippen LogP contribution < -0.4 is 19.6 Å². The second-order valence-corrected chi connectivity index (χ2v) is 9.88. The highest BCUT2D eigenvalue weighted by Crippen LogP contribution is 2.35. The van der Waals surface area contributed by atoms with Crippen molar-refractivity contribution >= 4 is 40.7 Å². The predicted molar refractivity (Wildman–Crippen MR) is 146 cm³/mol. The maximum atomic E-state index is 13.8. The number of alkyl halides is 2. The van der Waals surface area contributed by atoms with E-state index in [1.54, 1.807) is 49.4 Å². The molecule has 2 heterocycles. The first-order valence-electron chi connectivity index (χ1n) is 11.9. The molecule has 0 N–H and O–H groups in total. The van der Waals surface area contributed by atoms with Crippen molar-refractivity contribution in [2.75, 3.05) is 6.61 Å². The lowest BCUT2D eigenvalue weighted by Crippen LogP contribution is -2.40. The minimum Gasteiger partial charge on any atom is -0.463 e. The van der Waals surface area contributed by atoms with Crippen LogP contribution in [0.4, 0.5) is 8.78 Å². The van der Waals surface area contributed by atoms with E-state index in [4.69, 9.17) is 21.3 Å². The average molecular weight is 567 g/mol. The predicted octanol–water partition coefficient (Wildman–Crippen LogP) is 5.19. The van der Waals surface area contributed by atoms with Gasteiger partial charge in [0.15, 0.2) is 4.80 Å². The molecule has 198 valence electrons. The number of nitrogens with zero attached hydrogens (tertiary/aromatic N) is 2. The summed E-state index contributed by atoms with van der Waals surface area (Å²) in [7, 11) is 0. The van der Waals surface area contributed by atoms with Gasteiger partial charge in [0, 0.05) is 10.6 Å². The Kier molecular flexibility index (Phi) is 7.72. The Bertz CT molecular complexity index is 1710. The van der Waals surface area contributed by atoms with Crippen molar-refractivity contribution in [3.63, 3.8) is 0 Å². The molecule has 0 fully saturated rings. The highest BCUT2D eigenvalue weighted by Gasteiger charge is 2.35. The number of rotatable bonds is 7. The van der Waals surface area contributed by atoms with Gasteiger partial charge in [0.05, 0.1) is 28.5 Å². The van der Waals surface area contributed by atoms with Crippen molar-refractivity contribution in [2.45, 2.75) is 19.6 Å². The first-order valence-corrected chi connectivity index (χ1v) is 13.1. The topological polar surface area (TPSA) is 69.9 Å². The third kappa shape index (κ3) is 5.55. The maximum Gasteiger partial charge on any atom is 0.387 e. The summed E-state index contributed by atoms with van der Waals surface area (Å²) in [5.74, 6) is -0.568. The molecule has 0 amide bonds. The molecule has 0 bridgehead atoms. The van der Waals surface area contributed by atoms with Crippen LogP contribution in [0.1, 0.15) is 29.7 Å². The monoisotopic (exact) mass is 566 g/mol. The molecule has 6 nitrogen and oxygen atoms in total. The van der Waals surface area contributed by atoms with Crippen LogP contribution in [0.25, 0.3) is 11.8 Å². The number of thiazole rings is 1. The Morgan fingerprint density at radius 2 is 1.77 bits per heavy atom. The molecule has 1 aliphatic heterocycles. The molecule has 0 aliphatic carbocycles. The van der Waals surface area contributed by atoms with Crippen LogP contribution >= 0.6 is 22.9 Å². The Balaban J connectivity index is 1.74. The lowest BCUT2D eigenvalue weighted by atomic mass is 9.93. The van der Waals surface area contributed by atoms with Gasteiger partial charge in [0.2, 0.25) is 0 Å². The van der Waals surface area contributed by atoms with Crippen molar-refractivity contribution in [2.24, 2.45) is 4.99 Å². The summed E-state index contributed by atoms with van der Waals surface area (Å²) in [5.41, 5.74) is 2.25. The summed E-state index contributed by atoms with van der Waals surface area (Å²) in [6, 6.07) is 21.3. The fraction of sp³-hybridized carbons (Fsp3) is 0.138. The molecule has 1 atom stereocenters. The Labute approximate surface area is 230 Å². The first-order chi connectivity index (χ1) is 18.9. The quantitative estimate of drug-likeness (QED) is 0.289. The van der Waals surface area contributed by atoms with Gasteiger partial charge in [-0.2, -0.15) is 8.78 Å². The van der Waals surface area contributed by atoms with Crippen LogP contribution in [0, 0.1) is 0 Å². The van der Waals surface area contributed by atoms with E-state index in [1.165, 1.54) is 16.7 Å². The number of hydrogen-bond acceptors (Lipinski definition) is 6. The Hall–Kier alpha value is -4.08. The number of carbonyl (C=O) groups excluding carboxylic acids is 1. The van der Waals surface area contributed by atoms with Crippen LogP contribution in [0.5, 0.6) is 5.75 Å². The number of hydrogen-bond donors (Lipinski definition) is 0. The van der Waals surface area contributed by atoms with Gasteiger partial charge in [-0.05, 0) is 48.4 Å². The van der Waals surface area contributed by atoms with E-state index in [9.17, 15) is 18.4 Å². The standard InChI is InChI=1S/C29H21ClF2N2O4S/c1-2-37-27(36)23-24(18-6-4-3-5-7-18)33-29-34(25(23)19-10-12-20(30)13-11-19)26(35)22(39-29)16-17-8-14-21(15-9-17)38-28(31)32/h3-16,25,28H,2H2,1H3/b22-16+/t25-/m0/s1. The van der Waals surface area contributed by atoms with Crippen molar-refractivity contribution in [3.05, 3.63) is 126 Å². The van der Waals surface area contributed by atoms with Crippen molar-refractivity contribution in [3.8, 4) is 5.75 Å². The summed E-state index contributed by atoms with van der Waals surface area (Å²) in [6.07, 6.45) is 1.64. The molecule has 4 aromatic rings. The van der Waals surface area contributed by atoms with Gasteiger partial charge in [-0.25, -0.2) is 9.79 Å². The number of aromatic nitrogens is 1. The highest BCUT2D eigenvalue weighted by molar-refractivity contribution is 7.07. The molecule has 3 aromatic carbocycles. The second-order valence-electron chi connectivity index (χ2n) is 8.43. The molecular weight excluding hydrogens is 546 g/mol. The molecular formula is C29H21ClF2N2O4S. The maximum absolute atomic E-state index is 13.8.